The number of amides is 19. The van der Waals surface area contributed by atoms with Crippen molar-refractivity contribution in [2.75, 3.05) is 63.9 Å². The van der Waals surface area contributed by atoms with Gasteiger partial charge in [-0.3, -0.25) is 103 Å². The van der Waals surface area contributed by atoms with Crippen LogP contribution in [0.5, 0.6) is 5.75 Å². The van der Waals surface area contributed by atoms with Crippen molar-refractivity contribution in [2.45, 2.75) is 239 Å². The number of guanidine groups is 4. The first-order chi connectivity index (χ1) is 67.8. The fourth-order valence-electron chi connectivity index (χ4n) is 14.9. The molecule has 0 aliphatic carbocycles. The lowest BCUT2D eigenvalue weighted by atomic mass is 10.00. The van der Waals surface area contributed by atoms with Crippen molar-refractivity contribution in [3.63, 3.8) is 0 Å². The van der Waals surface area contributed by atoms with Gasteiger partial charge < -0.3 is 167 Å². The SMILES string of the molecule is CC(=O)N[C@@H](CCCNC(=N)N)C(=O)N[C@@H](CCCNC(=N)N)C(=O)N[C@@H](Cc1ccc2ccccc2c1)C(=O)N[C@@H](CS)C(=O)N[C@@H](Cc1ccc(O)cc1)C(=O)N[C@@H](CCCNC(N)=O)C(=O)N[C@@H](CCCCN)C(=O)N[C@H](CCC(=O)O)C(=O)N1CCC[C@H]1C(=O)N[C@@H](CCC(=O)O)C(=O)N[C@@H](CCCNC(=N)N)C(=O)N[C@@H](CCCNC(N)=O)C(=O)N[C@@H](CS)C(=O)N[C@@H](CCCNC(=N)N)C(N)=O. The summed E-state index contributed by atoms with van der Waals surface area (Å²) >= 11 is 8.63. The number of nitrogens with one attached hydrogen (secondary N) is 23. The lowest BCUT2D eigenvalue weighted by Gasteiger charge is -2.31. The summed E-state index contributed by atoms with van der Waals surface area (Å²) in [5.74, 6) is -20.7. The van der Waals surface area contributed by atoms with Crippen LogP contribution in [0.1, 0.15) is 153 Å². The number of thiol groups is 2. The molecule has 0 spiro atoms. The predicted octanol–water partition coefficient (Wildman–Crippen LogP) is -8.20. The minimum Gasteiger partial charge on any atom is -0.508 e. The first-order valence-electron chi connectivity index (χ1n) is 46.3. The Labute approximate surface area is 835 Å². The van der Waals surface area contributed by atoms with Gasteiger partial charge in [-0.05, 0) is 163 Å². The van der Waals surface area contributed by atoms with E-state index in [4.69, 9.17) is 67.5 Å². The van der Waals surface area contributed by atoms with Crippen molar-refractivity contribution < 1.29 is 106 Å². The number of phenolic OH excluding ortho intramolecular Hbond substituents is 1. The van der Waals surface area contributed by atoms with E-state index >= 15 is 19.2 Å². The van der Waals surface area contributed by atoms with Crippen LogP contribution in [-0.2, 0) is 94.3 Å². The lowest BCUT2D eigenvalue weighted by molar-refractivity contribution is -0.144. The predicted molar refractivity (Wildman–Crippen MR) is 529 cm³/mol. The van der Waals surface area contributed by atoms with E-state index < -0.39 is 253 Å². The van der Waals surface area contributed by atoms with Crippen molar-refractivity contribution in [1.82, 2.24) is 106 Å². The highest BCUT2D eigenvalue weighted by Gasteiger charge is 2.43. The number of primary amides is 3. The molecule has 1 saturated heterocycles. The van der Waals surface area contributed by atoms with Gasteiger partial charge in [-0.1, -0.05) is 54.6 Å². The van der Waals surface area contributed by atoms with Crippen molar-refractivity contribution in [1.29, 1.82) is 21.6 Å². The van der Waals surface area contributed by atoms with Crippen LogP contribution in [0.25, 0.3) is 10.8 Å². The number of aromatic hydroxyl groups is 1. The lowest BCUT2D eigenvalue weighted by Crippen LogP contribution is -2.61. The number of likely N-dealkylation sites (tertiary alicyclic amines) is 1. The molecule has 54 nitrogen and oxygen atoms in total. The molecular formula is C87H138N32O22S2. The molecule has 790 valence electrons. The highest BCUT2D eigenvalue weighted by Crippen LogP contribution is 2.23. The van der Waals surface area contributed by atoms with Crippen molar-refractivity contribution >= 4 is 172 Å². The zero-order chi connectivity index (χ0) is 106. The number of urea groups is 2. The largest absolute Gasteiger partial charge is 0.508 e. The van der Waals surface area contributed by atoms with E-state index in [0.29, 0.717) is 11.1 Å². The maximum atomic E-state index is 15.2. The Morgan fingerprint density at radius 1 is 0.364 bits per heavy atom. The van der Waals surface area contributed by atoms with Crippen molar-refractivity contribution in [3.8, 4) is 5.75 Å². The number of carbonyl (C=O) groups is 19. The molecule has 56 heteroatoms. The number of carboxylic acid groups (broad SMARTS) is 2. The third kappa shape index (κ3) is 46.8. The standard InChI is InChI=1S/C87H138N32O22S2/c1-46(120)106-53(17-7-35-101-83(92)93)69(127)109-57(19-9-37-103-85(96)97)73(131)115-62(43-48-23-26-49-13-2-3-14-50(49)41-48)77(135)118-64(45-143)79(137)116-61(42-47-24-27-51(121)28-25-47)76(134)112-56(20-10-38-104-86(98)140)71(129)108-54(15-4-5-33-88)72(130)114-60(30-32-67(124)125)81(139)119-40-12-22-65(119)80(138)113-59(29-31-66(122)123)75(133)111-55(18-8-36-102-84(94)95)70(128)110-58(21-11-39-105-87(99)141)74(132)117-63(44-142)78(136)107-52(68(89)126)16-6-34-100-82(90)91/h2-3,13-14,23-28,41,52-65,121,142-143H,4-12,15-22,29-40,42-45,88H2,1H3,(H2,89,126)(H,106,120)(H,107,136)(H,108,129)(H,109,127)(H,110,128)(H,111,133)(H,112,134)(H,113,138)(H,114,130)(H,115,131)(H,116,137)(H,117,132)(H,118,135)(H,122,123)(H,124,125)(H4,90,91,100)(H4,92,93,101)(H4,94,95,102)(H4,96,97,103)(H3,98,104,140)(H3,99,105,141)/t52-,53-,54-,55-,56-,57-,58-,59-,60+,61-,62-,63-,64-,65-/m0/s1. The quantitative estimate of drug-likeness (QED) is 0.0108. The average Bonchev–Trinajstić information content (AvgIpc) is 1.68. The Kier molecular flexibility index (Phi) is 54.1. The second-order valence-corrected chi connectivity index (χ2v) is 34.4. The van der Waals surface area contributed by atoms with Crippen LogP contribution in [0, 0.1) is 21.6 Å². The maximum Gasteiger partial charge on any atom is 0.312 e. The normalized spacial score (nSPS) is 14.7. The molecule has 1 heterocycles. The summed E-state index contributed by atoms with van der Waals surface area (Å²) in [5, 5.41) is 110. The number of hydrogen-bond donors (Lipinski definition) is 36. The Balaban J connectivity index is 1.72. The number of aliphatic carboxylic acids is 2. The molecule has 0 saturated carbocycles. The van der Waals surface area contributed by atoms with Gasteiger partial charge in [0.15, 0.2) is 23.8 Å². The monoisotopic (exact) mass is 2050 g/mol. The van der Waals surface area contributed by atoms with Crippen LogP contribution in [-0.4, -0.2) is 305 Å². The van der Waals surface area contributed by atoms with Crippen LogP contribution < -0.4 is 147 Å². The van der Waals surface area contributed by atoms with Gasteiger partial charge in [-0.15, -0.1) is 0 Å². The molecule has 0 aromatic heterocycles. The minimum absolute atomic E-state index is 0.00777. The Morgan fingerprint density at radius 3 is 1.03 bits per heavy atom. The molecule has 1 aliphatic heterocycles. The van der Waals surface area contributed by atoms with E-state index in [1.165, 1.54) is 31.2 Å². The Bertz CT molecular complexity index is 4890. The molecule has 14 atom stereocenters. The van der Waals surface area contributed by atoms with Crippen LogP contribution in [0.15, 0.2) is 66.7 Å². The second kappa shape index (κ2) is 64.3. The highest BCUT2D eigenvalue weighted by molar-refractivity contribution is 7.80. The third-order valence-corrected chi connectivity index (χ3v) is 23.0. The zero-order valence-corrected chi connectivity index (χ0v) is 81.1. The summed E-state index contributed by atoms with van der Waals surface area (Å²) < 4.78 is 0. The summed E-state index contributed by atoms with van der Waals surface area (Å²) in [4.78, 5) is 265. The van der Waals surface area contributed by atoms with Gasteiger partial charge in [-0.25, -0.2) is 9.59 Å². The third-order valence-electron chi connectivity index (χ3n) is 22.3. The minimum atomic E-state index is -1.85. The Morgan fingerprint density at radius 2 is 0.671 bits per heavy atom. The number of unbranched alkanes of at least 4 members (excludes halogenated alkanes) is 1. The molecule has 0 bridgehead atoms. The molecular weight excluding hydrogens is 1910 g/mol. The number of carboxylic acids is 2. The summed E-state index contributed by atoms with van der Waals surface area (Å²) in [6.45, 7) is 0.810. The zero-order valence-electron chi connectivity index (χ0n) is 79.3. The fourth-order valence-corrected chi connectivity index (χ4v) is 15.4. The molecule has 3 aromatic rings. The van der Waals surface area contributed by atoms with Gasteiger partial charge in [0.2, 0.25) is 88.6 Å². The van der Waals surface area contributed by atoms with E-state index in [9.17, 15) is 87.2 Å². The number of nitrogens with two attached hydrogens (primary N) is 8. The number of carbonyl (C=O) groups excluding carboxylic acids is 17. The molecule has 42 N–H and O–H groups in total. The van der Waals surface area contributed by atoms with Gasteiger partial charge in [0.25, 0.3) is 0 Å². The van der Waals surface area contributed by atoms with E-state index in [-0.39, 0.29) is 186 Å². The first kappa shape index (κ1) is 120. The fraction of sp³-hybridized carbons (Fsp3) is 0.552. The van der Waals surface area contributed by atoms with E-state index in [1.807, 2.05) is 12.1 Å². The molecule has 143 heavy (non-hydrogen) atoms. The number of nitrogens with zero attached hydrogens (tertiary/aromatic N) is 1. The Hall–Kier alpha value is -15.0. The van der Waals surface area contributed by atoms with Gasteiger partial charge in [0, 0.05) is 89.9 Å². The number of benzene rings is 3. The van der Waals surface area contributed by atoms with Crippen LogP contribution in [0.2, 0.25) is 0 Å². The number of phenols is 1. The molecule has 0 radical (unpaired) electrons. The number of fused-ring (bicyclic) bond motifs is 1. The molecule has 19 amide bonds. The summed E-state index contributed by atoms with van der Waals surface area (Å²) in [5.41, 5.74) is 44.7. The van der Waals surface area contributed by atoms with Gasteiger partial charge in [0.05, 0.1) is 0 Å². The molecule has 4 rings (SSSR count). The summed E-state index contributed by atoms with van der Waals surface area (Å²) in [7, 11) is 0. The molecule has 3 aromatic carbocycles. The van der Waals surface area contributed by atoms with Crippen molar-refractivity contribution in [3.05, 3.63) is 77.9 Å². The second-order valence-electron chi connectivity index (χ2n) is 33.6. The number of hydrogen-bond acceptors (Lipinski definition) is 27. The van der Waals surface area contributed by atoms with Gasteiger partial charge in [0.1, 0.15) is 90.3 Å². The van der Waals surface area contributed by atoms with Gasteiger partial charge in [-0.2, -0.15) is 25.3 Å². The van der Waals surface area contributed by atoms with E-state index in [0.717, 1.165) is 15.7 Å². The highest BCUT2D eigenvalue weighted by atomic mass is 32.1. The molecule has 1 aliphatic rings. The number of rotatable bonds is 67. The molecule has 1 fully saturated rings. The first-order valence-corrected chi connectivity index (χ1v) is 47.6. The van der Waals surface area contributed by atoms with Crippen molar-refractivity contribution in [2.24, 2.45) is 45.9 Å². The van der Waals surface area contributed by atoms with Gasteiger partial charge >= 0.3 is 24.0 Å². The van der Waals surface area contributed by atoms with Crippen LogP contribution in [0.4, 0.5) is 9.59 Å². The smallest absolute Gasteiger partial charge is 0.312 e. The molecule has 0 unspecified atom stereocenters. The topological polar surface area (TPSA) is 920 Å². The van der Waals surface area contributed by atoms with E-state index in [2.05, 4.69) is 126 Å². The average molecular weight is 2050 g/mol. The van der Waals surface area contributed by atoms with E-state index in [1.54, 1.807) is 30.3 Å². The summed E-state index contributed by atoms with van der Waals surface area (Å²) in [6.07, 6.45) is -4.59. The van der Waals surface area contributed by atoms with Crippen LogP contribution >= 0.6 is 25.3 Å². The summed E-state index contributed by atoms with van der Waals surface area (Å²) in [6, 6.07) is -6.47. The maximum absolute atomic E-state index is 15.2. The van der Waals surface area contributed by atoms with Crippen LogP contribution in [0.3, 0.4) is 0 Å².